The Balaban J connectivity index is 2.75. The Morgan fingerprint density at radius 1 is 1.24 bits per heavy atom. The number of benzene rings is 1. The summed E-state index contributed by atoms with van der Waals surface area (Å²) < 4.78 is 15.4. The number of hydrogen-bond donors (Lipinski definition) is 0. The zero-order valence-electron chi connectivity index (χ0n) is 10.6. The molecule has 0 unspecified atom stereocenters. The van der Waals surface area contributed by atoms with Crippen LogP contribution in [0.5, 0.6) is 11.5 Å². The van der Waals surface area contributed by atoms with E-state index in [1.807, 2.05) is 25.1 Å². The number of ether oxygens (including phenoxy) is 3. The molecule has 17 heavy (non-hydrogen) atoms. The Hall–Kier alpha value is -1.71. The lowest BCUT2D eigenvalue weighted by atomic mass is 10.1. The minimum Gasteiger partial charge on any atom is -0.493 e. The van der Waals surface area contributed by atoms with E-state index in [1.165, 1.54) is 6.92 Å². The van der Waals surface area contributed by atoms with Crippen molar-refractivity contribution in [2.45, 2.75) is 26.4 Å². The summed E-state index contributed by atoms with van der Waals surface area (Å²) >= 11 is 0. The molecule has 94 valence electrons. The van der Waals surface area contributed by atoms with Crippen LogP contribution in [0.1, 0.15) is 19.4 Å². The van der Waals surface area contributed by atoms with Gasteiger partial charge in [0.25, 0.3) is 0 Å². The van der Waals surface area contributed by atoms with E-state index in [4.69, 9.17) is 14.2 Å². The quantitative estimate of drug-likeness (QED) is 0.738. The normalized spacial score (nSPS) is 11.8. The van der Waals surface area contributed by atoms with Gasteiger partial charge in [-0.05, 0) is 24.6 Å². The molecule has 0 N–H and O–H groups in total. The van der Waals surface area contributed by atoms with Crippen LogP contribution in [0.15, 0.2) is 18.2 Å². The van der Waals surface area contributed by atoms with Gasteiger partial charge in [-0.2, -0.15) is 0 Å². The summed E-state index contributed by atoms with van der Waals surface area (Å²) in [6.45, 7) is 3.27. The van der Waals surface area contributed by atoms with Crippen molar-refractivity contribution in [3.8, 4) is 11.5 Å². The van der Waals surface area contributed by atoms with Crippen LogP contribution >= 0.6 is 0 Å². The SMILES string of the molecule is COc1ccc(C[C@H](C)OC(C)=O)cc1OC. The summed E-state index contributed by atoms with van der Waals surface area (Å²) in [4.78, 5) is 10.8. The van der Waals surface area contributed by atoms with E-state index in [0.29, 0.717) is 17.9 Å². The van der Waals surface area contributed by atoms with Crippen molar-refractivity contribution >= 4 is 5.97 Å². The van der Waals surface area contributed by atoms with E-state index in [1.54, 1.807) is 14.2 Å². The fourth-order valence-corrected chi connectivity index (χ4v) is 1.66. The molecule has 0 bridgehead atoms. The molecule has 4 heteroatoms. The van der Waals surface area contributed by atoms with Gasteiger partial charge < -0.3 is 14.2 Å². The van der Waals surface area contributed by atoms with Gasteiger partial charge in [-0.25, -0.2) is 0 Å². The van der Waals surface area contributed by atoms with Crippen molar-refractivity contribution in [3.05, 3.63) is 23.8 Å². The van der Waals surface area contributed by atoms with Gasteiger partial charge in [0.1, 0.15) is 6.10 Å². The molecule has 0 aliphatic heterocycles. The Morgan fingerprint density at radius 3 is 2.41 bits per heavy atom. The minimum atomic E-state index is -0.266. The molecular weight excluding hydrogens is 220 g/mol. The smallest absolute Gasteiger partial charge is 0.302 e. The lowest BCUT2D eigenvalue weighted by Crippen LogP contribution is -2.14. The molecule has 0 aliphatic carbocycles. The van der Waals surface area contributed by atoms with Crippen LogP contribution in [-0.2, 0) is 16.0 Å². The molecule has 0 spiro atoms. The van der Waals surface area contributed by atoms with Gasteiger partial charge >= 0.3 is 5.97 Å². The summed E-state index contributed by atoms with van der Waals surface area (Å²) in [7, 11) is 3.19. The molecule has 4 nitrogen and oxygen atoms in total. The van der Waals surface area contributed by atoms with Crippen molar-refractivity contribution in [2.75, 3.05) is 14.2 Å². The molecule has 0 fully saturated rings. The van der Waals surface area contributed by atoms with E-state index in [2.05, 4.69) is 0 Å². The number of carbonyl (C=O) groups is 1. The second-order valence-electron chi connectivity index (χ2n) is 3.81. The van der Waals surface area contributed by atoms with Crippen molar-refractivity contribution < 1.29 is 19.0 Å². The van der Waals surface area contributed by atoms with Crippen LogP contribution < -0.4 is 9.47 Å². The van der Waals surface area contributed by atoms with Crippen molar-refractivity contribution in [3.63, 3.8) is 0 Å². The van der Waals surface area contributed by atoms with E-state index in [9.17, 15) is 4.79 Å². The maximum atomic E-state index is 10.8. The highest BCUT2D eigenvalue weighted by molar-refractivity contribution is 5.66. The lowest BCUT2D eigenvalue weighted by molar-refractivity contribution is -0.145. The van der Waals surface area contributed by atoms with Gasteiger partial charge in [-0.1, -0.05) is 6.07 Å². The zero-order chi connectivity index (χ0) is 12.8. The van der Waals surface area contributed by atoms with Crippen molar-refractivity contribution in [2.24, 2.45) is 0 Å². The Bertz CT molecular complexity index is 387. The Kier molecular flexibility index (Phi) is 4.82. The first-order valence-corrected chi connectivity index (χ1v) is 5.45. The molecule has 0 radical (unpaired) electrons. The maximum Gasteiger partial charge on any atom is 0.302 e. The van der Waals surface area contributed by atoms with Crippen LogP contribution in [0.25, 0.3) is 0 Å². The average Bonchev–Trinajstić information content (AvgIpc) is 2.27. The highest BCUT2D eigenvalue weighted by Gasteiger charge is 2.09. The Labute approximate surface area is 101 Å². The monoisotopic (exact) mass is 238 g/mol. The van der Waals surface area contributed by atoms with Gasteiger partial charge in [0.2, 0.25) is 0 Å². The summed E-state index contributed by atoms with van der Waals surface area (Å²) in [6.07, 6.45) is 0.505. The summed E-state index contributed by atoms with van der Waals surface area (Å²) in [6, 6.07) is 5.66. The van der Waals surface area contributed by atoms with E-state index >= 15 is 0 Å². The third kappa shape index (κ3) is 3.98. The highest BCUT2D eigenvalue weighted by Crippen LogP contribution is 2.28. The third-order valence-corrected chi connectivity index (χ3v) is 2.34. The predicted molar refractivity (Wildman–Crippen MR) is 64.5 cm³/mol. The molecule has 1 atom stereocenters. The largest absolute Gasteiger partial charge is 0.493 e. The number of esters is 1. The first kappa shape index (κ1) is 13.4. The molecule has 0 aliphatic rings. The van der Waals surface area contributed by atoms with Crippen molar-refractivity contribution in [1.82, 2.24) is 0 Å². The van der Waals surface area contributed by atoms with E-state index in [0.717, 1.165) is 5.56 Å². The van der Waals surface area contributed by atoms with Crippen LogP contribution in [0.3, 0.4) is 0 Å². The lowest BCUT2D eigenvalue weighted by Gasteiger charge is -2.13. The highest BCUT2D eigenvalue weighted by atomic mass is 16.5. The van der Waals surface area contributed by atoms with Gasteiger partial charge in [-0.3, -0.25) is 4.79 Å². The van der Waals surface area contributed by atoms with E-state index in [-0.39, 0.29) is 12.1 Å². The molecule has 1 aromatic carbocycles. The second-order valence-corrected chi connectivity index (χ2v) is 3.81. The average molecular weight is 238 g/mol. The standard InChI is InChI=1S/C13H18O4/c1-9(17-10(2)14)7-11-5-6-12(15-3)13(8-11)16-4/h5-6,8-9H,7H2,1-4H3/t9-/m0/s1. The topological polar surface area (TPSA) is 44.8 Å². The minimum absolute atomic E-state index is 0.148. The van der Waals surface area contributed by atoms with Gasteiger partial charge in [0, 0.05) is 13.3 Å². The predicted octanol–water partition coefficient (Wildman–Crippen LogP) is 2.20. The van der Waals surface area contributed by atoms with Crippen molar-refractivity contribution in [1.29, 1.82) is 0 Å². The first-order chi connectivity index (χ1) is 8.06. The summed E-state index contributed by atoms with van der Waals surface area (Å²) in [5, 5.41) is 0. The van der Waals surface area contributed by atoms with Crippen LogP contribution in [0.2, 0.25) is 0 Å². The molecule has 0 saturated heterocycles. The van der Waals surface area contributed by atoms with Gasteiger partial charge in [0.05, 0.1) is 14.2 Å². The second kappa shape index (κ2) is 6.13. The van der Waals surface area contributed by atoms with Gasteiger partial charge in [0.15, 0.2) is 11.5 Å². The summed E-state index contributed by atoms with van der Waals surface area (Å²) in [5.41, 5.74) is 1.04. The Morgan fingerprint density at radius 2 is 1.88 bits per heavy atom. The molecule has 1 rings (SSSR count). The number of carbonyl (C=O) groups excluding carboxylic acids is 1. The van der Waals surface area contributed by atoms with Crippen LogP contribution in [0, 0.1) is 0 Å². The molecule has 0 heterocycles. The first-order valence-electron chi connectivity index (χ1n) is 5.45. The van der Waals surface area contributed by atoms with Crippen LogP contribution in [0.4, 0.5) is 0 Å². The maximum absolute atomic E-state index is 10.8. The van der Waals surface area contributed by atoms with Crippen LogP contribution in [-0.4, -0.2) is 26.3 Å². The summed E-state index contributed by atoms with van der Waals surface area (Å²) in [5.74, 6) is 1.11. The third-order valence-electron chi connectivity index (χ3n) is 2.34. The fourth-order valence-electron chi connectivity index (χ4n) is 1.66. The van der Waals surface area contributed by atoms with Gasteiger partial charge in [-0.15, -0.1) is 0 Å². The molecule has 1 aromatic rings. The molecule has 0 amide bonds. The number of methoxy groups -OCH3 is 2. The molecular formula is C13H18O4. The number of rotatable bonds is 5. The fraction of sp³-hybridized carbons (Fsp3) is 0.462. The molecule has 0 aromatic heterocycles. The number of hydrogen-bond acceptors (Lipinski definition) is 4. The molecule has 0 saturated carbocycles. The zero-order valence-corrected chi connectivity index (χ0v) is 10.6. The van der Waals surface area contributed by atoms with E-state index < -0.39 is 0 Å².